The topological polar surface area (TPSA) is 43.4 Å². The van der Waals surface area contributed by atoms with E-state index in [-0.39, 0.29) is 6.10 Å². The van der Waals surface area contributed by atoms with Crippen LogP contribution in [0.5, 0.6) is 0 Å². The van der Waals surface area contributed by atoms with E-state index in [4.69, 9.17) is 4.74 Å². The third kappa shape index (κ3) is 1.83. The normalized spacial score (nSPS) is 19.6. The van der Waals surface area contributed by atoms with Gasteiger partial charge in [-0.05, 0) is 18.8 Å². The summed E-state index contributed by atoms with van der Waals surface area (Å²) in [5.74, 6) is 0.454. The average Bonchev–Trinajstić information content (AvgIpc) is 2.69. The van der Waals surface area contributed by atoms with Gasteiger partial charge in [0.15, 0.2) is 0 Å². The first-order valence-electron chi connectivity index (χ1n) is 3.41. The molecule has 1 atom stereocenters. The summed E-state index contributed by atoms with van der Waals surface area (Å²) in [6.45, 7) is 0.423. The summed E-state index contributed by atoms with van der Waals surface area (Å²) >= 11 is 0. The lowest BCUT2D eigenvalue weighted by atomic mass is 10.2. The van der Waals surface area contributed by atoms with Crippen molar-refractivity contribution in [3.8, 4) is 0 Å². The fourth-order valence-electron chi connectivity index (χ4n) is 0.993. The Morgan fingerprint density at radius 1 is 1.50 bits per heavy atom. The zero-order valence-electron chi connectivity index (χ0n) is 5.66. The molecule has 0 aromatic carbocycles. The van der Waals surface area contributed by atoms with Gasteiger partial charge in [0.1, 0.15) is 12.4 Å². The fourth-order valence-corrected chi connectivity index (χ4v) is 0.993. The highest BCUT2D eigenvalue weighted by molar-refractivity contribution is 5.51. The third-order valence-electron chi connectivity index (χ3n) is 1.71. The van der Waals surface area contributed by atoms with E-state index in [0.29, 0.717) is 18.8 Å². The number of carbonyl (C=O) groups excluding carboxylic acids is 2. The highest BCUT2D eigenvalue weighted by Crippen LogP contribution is 2.35. The largest absolute Gasteiger partial charge is 0.464 e. The molecular formula is C7H10O3. The molecule has 1 aliphatic carbocycles. The quantitative estimate of drug-likeness (QED) is 0.526. The van der Waals surface area contributed by atoms with Crippen LogP contribution in [0, 0.1) is 5.92 Å². The molecule has 0 aromatic rings. The van der Waals surface area contributed by atoms with Crippen molar-refractivity contribution < 1.29 is 14.3 Å². The van der Waals surface area contributed by atoms with Crippen molar-refractivity contribution in [2.75, 3.05) is 0 Å². The van der Waals surface area contributed by atoms with Crippen molar-refractivity contribution in [3.05, 3.63) is 0 Å². The summed E-state index contributed by atoms with van der Waals surface area (Å²) in [5, 5.41) is 0. The van der Waals surface area contributed by atoms with Gasteiger partial charge in [0.25, 0.3) is 6.47 Å². The minimum atomic E-state index is -0.144. The number of ether oxygens (including phenoxy) is 1. The second-order valence-electron chi connectivity index (χ2n) is 2.51. The minimum Gasteiger partial charge on any atom is -0.464 e. The highest BCUT2D eigenvalue weighted by Gasteiger charge is 2.32. The molecule has 1 rings (SSSR count). The Balaban J connectivity index is 2.25. The van der Waals surface area contributed by atoms with Crippen molar-refractivity contribution in [3.63, 3.8) is 0 Å². The van der Waals surface area contributed by atoms with Gasteiger partial charge in [-0.2, -0.15) is 0 Å². The van der Waals surface area contributed by atoms with Crippen LogP contribution in [-0.2, 0) is 14.3 Å². The number of rotatable bonds is 5. The maximum Gasteiger partial charge on any atom is 0.293 e. The Morgan fingerprint density at radius 2 is 2.20 bits per heavy atom. The highest BCUT2D eigenvalue weighted by atomic mass is 16.5. The SMILES string of the molecule is O=CCC(OC=O)C1CC1. The second-order valence-corrected chi connectivity index (χ2v) is 2.51. The van der Waals surface area contributed by atoms with Gasteiger partial charge >= 0.3 is 0 Å². The predicted octanol–water partition coefficient (Wildman–Crippen LogP) is 0.527. The fraction of sp³-hybridized carbons (Fsp3) is 0.714. The summed E-state index contributed by atoms with van der Waals surface area (Å²) in [6, 6.07) is 0. The van der Waals surface area contributed by atoms with Crippen LogP contribution >= 0.6 is 0 Å². The van der Waals surface area contributed by atoms with Crippen LogP contribution in [0.15, 0.2) is 0 Å². The summed E-state index contributed by atoms with van der Waals surface area (Å²) in [4.78, 5) is 19.9. The molecule has 0 aliphatic heterocycles. The molecule has 10 heavy (non-hydrogen) atoms. The molecule has 3 nitrogen and oxygen atoms in total. The monoisotopic (exact) mass is 142 g/mol. The van der Waals surface area contributed by atoms with Gasteiger partial charge in [0.2, 0.25) is 0 Å². The first kappa shape index (κ1) is 7.25. The van der Waals surface area contributed by atoms with Crippen molar-refractivity contribution in [1.29, 1.82) is 0 Å². The number of hydrogen-bond acceptors (Lipinski definition) is 3. The van der Waals surface area contributed by atoms with Gasteiger partial charge in [-0.25, -0.2) is 0 Å². The van der Waals surface area contributed by atoms with E-state index in [9.17, 15) is 9.59 Å². The van der Waals surface area contributed by atoms with Crippen LogP contribution < -0.4 is 0 Å². The number of hydrogen-bond donors (Lipinski definition) is 0. The Kier molecular flexibility index (Phi) is 2.42. The Labute approximate surface area is 59.4 Å². The van der Waals surface area contributed by atoms with Gasteiger partial charge in [0.05, 0.1) is 0 Å². The zero-order valence-corrected chi connectivity index (χ0v) is 5.66. The van der Waals surface area contributed by atoms with Crippen LogP contribution in [0.25, 0.3) is 0 Å². The Morgan fingerprint density at radius 3 is 2.60 bits per heavy atom. The van der Waals surface area contributed by atoms with Crippen molar-refractivity contribution >= 4 is 12.8 Å². The van der Waals surface area contributed by atoms with E-state index in [1.807, 2.05) is 0 Å². The van der Waals surface area contributed by atoms with Crippen LogP contribution in [0.2, 0.25) is 0 Å². The summed E-state index contributed by atoms with van der Waals surface area (Å²) in [5.41, 5.74) is 0. The lowest BCUT2D eigenvalue weighted by Crippen LogP contribution is -2.14. The zero-order chi connectivity index (χ0) is 7.40. The summed E-state index contributed by atoms with van der Waals surface area (Å²) in [6.07, 6.45) is 3.18. The van der Waals surface area contributed by atoms with E-state index < -0.39 is 0 Å². The average molecular weight is 142 g/mol. The summed E-state index contributed by atoms with van der Waals surface area (Å²) in [7, 11) is 0. The van der Waals surface area contributed by atoms with Crippen molar-refractivity contribution in [2.24, 2.45) is 5.92 Å². The molecule has 0 amide bonds. The summed E-state index contributed by atoms with van der Waals surface area (Å²) < 4.78 is 4.69. The van der Waals surface area contributed by atoms with E-state index in [1.54, 1.807) is 0 Å². The van der Waals surface area contributed by atoms with Crippen LogP contribution in [-0.4, -0.2) is 18.9 Å². The molecule has 0 radical (unpaired) electrons. The molecule has 3 heteroatoms. The predicted molar refractivity (Wildman–Crippen MR) is 34.3 cm³/mol. The lowest BCUT2D eigenvalue weighted by molar-refractivity contribution is -0.135. The molecule has 0 aromatic heterocycles. The molecule has 0 heterocycles. The van der Waals surface area contributed by atoms with Gasteiger partial charge in [-0.1, -0.05) is 0 Å². The third-order valence-corrected chi connectivity index (χ3v) is 1.71. The molecule has 56 valence electrons. The Hall–Kier alpha value is -0.860. The standard InChI is InChI=1S/C7H10O3/c8-4-3-7(10-5-9)6-1-2-6/h4-7H,1-3H2. The Bertz CT molecular complexity index is 119. The van der Waals surface area contributed by atoms with Crippen molar-refractivity contribution in [1.82, 2.24) is 0 Å². The van der Waals surface area contributed by atoms with Gasteiger partial charge in [0, 0.05) is 6.42 Å². The molecule has 1 unspecified atom stereocenters. The van der Waals surface area contributed by atoms with Crippen LogP contribution in [0.1, 0.15) is 19.3 Å². The molecule has 0 saturated heterocycles. The molecule has 1 fully saturated rings. The van der Waals surface area contributed by atoms with Crippen molar-refractivity contribution in [2.45, 2.75) is 25.4 Å². The molecular weight excluding hydrogens is 132 g/mol. The first-order chi connectivity index (χ1) is 4.88. The molecule has 1 aliphatic rings. The molecule has 1 saturated carbocycles. The van der Waals surface area contributed by atoms with Crippen LogP contribution in [0.3, 0.4) is 0 Å². The van der Waals surface area contributed by atoms with Gasteiger partial charge in [-0.3, -0.25) is 4.79 Å². The smallest absolute Gasteiger partial charge is 0.293 e. The van der Waals surface area contributed by atoms with Gasteiger partial charge in [-0.15, -0.1) is 0 Å². The first-order valence-corrected chi connectivity index (χ1v) is 3.41. The maximum atomic E-state index is 10.0. The van der Waals surface area contributed by atoms with E-state index >= 15 is 0 Å². The van der Waals surface area contributed by atoms with Crippen LogP contribution in [0.4, 0.5) is 0 Å². The molecule has 0 spiro atoms. The van der Waals surface area contributed by atoms with E-state index in [1.165, 1.54) is 0 Å². The number of aldehydes is 1. The molecule has 0 bridgehead atoms. The van der Waals surface area contributed by atoms with Gasteiger partial charge < -0.3 is 9.53 Å². The molecule has 0 N–H and O–H groups in total. The van der Waals surface area contributed by atoms with E-state index in [0.717, 1.165) is 19.1 Å². The minimum absolute atomic E-state index is 0.144. The maximum absolute atomic E-state index is 10.0. The second kappa shape index (κ2) is 3.34. The lowest BCUT2D eigenvalue weighted by Gasteiger charge is -2.08. The van der Waals surface area contributed by atoms with E-state index in [2.05, 4.69) is 0 Å². The number of carbonyl (C=O) groups is 2.